The molecule has 0 aliphatic rings. The molecule has 166 valence electrons. The van der Waals surface area contributed by atoms with Crippen molar-refractivity contribution in [3.8, 4) is 0 Å². The molecule has 0 unspecified atom stereocenters. The van der Waals surface area contributed by atoms with Crippen molar-refractivity contribution >= 4 is 51.8 Å². The summed E-state index contributed by atoms with van der Waals surface area (Å²) in [5.74, 6) is -1.65. The molecule has 4 aromatic rings. The van der Waals surface area contributed by atoms with E-state index in [2.05, 4.69) is 10.3 Å². The number of aromatic amines is 1. The maximum absolute atomic E-state index is 13.4. The molecule has 0 radical (unpaired) electrons. The standard InChI is InChI=1S/C25H18Cl2N2O4/c26-19-11-10-16(12-20(19)27)25(32)29-14-22(30)33-24(15-6-2-1-3-7-15)23(31)18-13-28-21-9-5-4-8-17(18)21/h1-13,24,28H,14H2,(H,29,32)/t24-/m0/s1. The predicted octanol–water partition coefficient (Wildman–Crippen LogP) is 5.37. The Balaban J connectivity index is 1.51. The Bertz CT molecular complexity index is 1330. The van der Waals surface area contributed by atoms with Crippen LogP contribution in [0, 0.1) is 0 Å². The number of para-hydroxylation sites is 1. The highest BCUT2D eigenvalue weighted by Gasteiger charge is 2.28. The monoisotopic (exact) mass is 480 g/mol. The van der Waals surface area contributed by atoms with Gasteiger partial charge < -0.3 is 15.0 Å². The van der Waals surface area contributed by atoms with Crippen molar-refractivity contribution in [1.82, 2.24) is 10.3 Å². The highest BCUT2D eigenvalue weighted by molar-refractivity contribution is 6.42. The molecule has 1 heterocycles. The van der Waals surface area contributed by atoms with E-state index >= 15 is 0 Å². The zero-order valence-corrected chi connectivity index (χ0v) is 18.7. The molecule has 0 saturated carbocycles. The summed E-state index contributed by atoms with van der Waals surface area (Å²) in [4.78, 5) is 41.4. The number of hydrogen-bond donors (Lipinski definition) is 2. The molecule has 3 aromatic carbocycles. The first-order valence-corrected chi connectivity index (χ1v) is 10.8. The summed E-state index contributed by atoms with van der Waals surface area (Å²) in [6.45, 7) is -0.427. The topological polar surface area (TPSA) is 88.3 Å². The quantitative estimate of drug-likeness (QED) is 0.274. The Morgan fingerprint density at radius 2 is 1.64 bits per heavy atom. The van der Waals surface area contributed by atoms with Gasteiger partial charge in [0.05, 0.1) is 10.0 Å². The largest absolute Gasteiger partial charge is 0.448 e. The molecule has 1 amide bonds. The highest BCUT2D eigenvalue weighted by atomic mass is 35.5. The number of ether oxygens (including phenoxy) is 1. The number of hydrogen-bond acceptors (Lipinski definition) is 4. The second-order valence-corrected chi connectivity index (χ2v) is 8.02. The van der Waals surface area contributed by atoms with Crippen molar-refractivity contribution in [3.63, 3.8) is 0 Å². The number of H-pyrrole nitrogens is 1. The van der Waals surface area contributed by atoms with Crippen LogP contribution < -0.4 is 5.32 Å². The Morgan fingerprint density at radius 3 is 2.39 bits per heavy atom. The van der Waals surface area contributed by atoms with Crippen LogP contribution in [-0.2, 0) is 9.53 Å². The zero-order chi connectivity index (χ0) is 23.4. The summed E-state index contributed by atoms with van der Waals surface area (Å²) in [7, 11) is 0. The summed E-state index contributed by atoms with van der Waals surface area (Å²) in [6, 6.07) is 20.5. The smallest absolute Gasteiger partial charge is 0.326 e. The number of benzene rings is 3. The summed E-state index contributed by atoms with van der Waals surface area (Å²) in [5, 5.41) is 3.74. The van der Waals surface area contributed by atoms with Crippen molar-refractivity contribution in [1.29, 1.82) is 0 Å². The number of Topliss-reactive ketones (excluding diaryl/α,β-unsaturated/α-hetero) is 1. The first-order chi connectivity index (χ1) is 15.9. The maximum Gasteiger partial charge on any atom is 0.326 e. The van der Waals surface area contributed by atoms with Crippen molar-refractivity contribution < 1.29 is 19.1 Å². The zero-order valence-electron chi connectivity index (χ0n) is 17.2. The number of amides is 1. The molecule has 2 N–H and O–H groups in total. The van der Waals surface area contributed by atoms with E-state index in [1.165, 1.54) is 18.2 Å². The molecule has 33 heavy (non-hydrogen) atoms. The van der Waals surface area contributed by atoms with Gasteiger partial charge in [-0.15, -0.1) is 0 Å². The van der Waals surface area contributed by atoms with Crippen molar-refractivity contribution in [3.05, 3.63) is 106 Å². The van der Waals surface area contributed by atoms with E-state index in [1.807, 2.05) is 24.3 Å². The lowest BCUT2D eigenvalue weighted by Gasteiger charge is -2.17. The Hall–Kier alpha value is -3.61. The number of ketones is 1. The second-order valence-electron chi connectivity index (χ2n) is 7.20. The minimum absolute atomic E-state index is 0.223. The molecule has 1 atom stereocenters. The fraction of sp³-hybridized carbons (Fsp3) is 0.0800. The van der Waals surface area contributed by atoms with Crippen LogP contribution in [0.4, 0.5) is 0 Å². The number of fused-ring (bicyclic) bond motifs is 1. The molecular formula is C25H18Cl2N2O4. The normalized spacial score (nSPS) is 11.7. The van der Waals surface area contributed by atoms with Crippen LogP contribution in [0.1, 0.15) is 32.4 Å². The number of aromatic nitrogens is 1. The van der Waals surface area contributed by atoms with Crippen LogP contribution in [-0.4, -0.2) is 29.2 Å². The van der Waals surface area contributed by atoms with Gasteiger partial charge in [0.2, 0.25) is 5.78 Å². The van der Waals surface area contributed by atoms with Gasteiger partial charge in [-0.25, -0.2) is 0 Å². The fourth-order valence-corrected chi connectivity index (χ4v) is 3.68. The van der Waals surface area contributed by atoms with Gasteiger partial charge in [-0.3, -0.25) is 14.4 Å². The molecular weight excluding hydrogens is 463 g/mol. The summed E-state index contributed by atoms with van der Waals surface area (Å²) in [6.07, 6.45) is 0.433. The Labute approximate surface area is 199 Å². The molecule has 4 rings (SSSR count). The summed E-state index contributed by atoms with van der Waals surface area (Å²) < 4.78 is 5.54. The van der Waals surface area contributed by atoms with E-state index in [-0.39, 0.29) is 16.4 Å². The number of rotatable bonds is 7. The third kappa shape index (κ3) is 5.08. The van der Waals surface area contributed by atoms with Crippen LogP contribution in [0.2, 0.25) is 10.0 Å². The molecule has 0 aliphatic heterocycles. The Morgan fingerprint density at radius 1 is 0.909 bits per heavy atom. The van der Waals surface area contributed by atoms with Crippen LogP contribution in [0.5, 0.6) is 0 Å². The van der Waals surface area contributed by atoms with E-state index in [1.54, 1.807) is 36.5 Å². The summed E-state index contributed by atoms with van der Waals surface area (Å²) in [5.41, 5.74) is 1.98. The molecule has 1 aromatic heterocycles. The minimum atomic E-state index is -1.17. The van der Waals surface area contributed by atoms with Gasteiger partial charge in [0.15, 0.2) is 6.10 Å². The van der Waals surface area contributed by atoms with Gasteiger partial charge in [0.25, 0.3) is 5.91 Å². The predicted molar refractivity (Wildman–Crippen MR) is 127 cm³/mol. The fourth-order valence-electron chi connectivity index (χ4n) is 3.38. The van der Waals surface area contributed by atoms with Gasteiger partial charge in [-0.2, -0.15) is 0 Å². The van der Waals surface area contributed by atoms with Crippen molar-refractivity contribution in [2.24, 2.45) is 0 Å². The lowest BCUT2D eigenvalue weighted by molar-refractivity contribution is -0.146. The van der Waals surface area contributed by atoms with Gasteiger partial charge in [0, 0.05) is 33.8 Å². The van der Waals surface area contributed by atoms with Crippen LogP contribution in [0.25, 0.3) is 10.9 Å². The van der Waals surface area contributed by atoms with Crippen molar-refractivity contribution in [2.75, 3.05) is 6.54 Å². The van der Waals surface area contributed by atoms with E-state index in [4.69, 9.17) is 27.9 Å². The molecule has 0 spiro atoms. The van der Waals surface area contributed by atoms with Gasteiger partial charge in [-0.05, 0) is 24.3 Å². The molecule has 0 bridgehead atoms. The molecule has 8 heteroatoms. The van der Waals surface area contributed by atoms with Gasteiger partial charge in [0.1, 0.15) is 6.54 Å². The molecule has 0 aliphatic carbocycles. The number of carbonyl (C=O) groups excluding carboxylic acids is 3. The number of halogens is 2. The average Bonchev–Trinajstić information content (AvgIpc) is 3.27. The van der Waals surface area contributed by atoms with Crippen LogP contribution in [0.3, 0.4) is 0 Å². The van der Waals surface area contributed by atoms with E-state index in [9.17, 15) is 14.4 Å². The van der Waals surface area contributed by atoms with Gasteiger partial charge in [-0.1, -0.05) is 71.7 Å². The summed E-state index contributed by atoms with van der Waals surface area (Å²) >= 11 is 11.8. The van der Waals surface area contributed by atoms with E-state index in [0.29, 0.717) is 16.1 Å². The first-order valence-electron chi connectivity index (χ1n) is 10.0. The molecule has 0 fully saturated rings. The third-order valence-corrected chi connectivity index (χ3v) is 5.76. The highest BCUT2D eigenvalue weighted by Crippen LogP contribution is 2.27. The number of nitrogens with one attached hydrogen (secondary N) is 2. The van der Waals surface area contributed by atoms with Crippen molar-refractivity contribution in [2.45, 2.75) is 6.10 Å². The molecule has 6 nitrogen and oxygen atoms in total. The molecule has 0 saturated heterocycles. The number of carbonyl (C=O) groups is 3. The SMILES string of the molecule is O=C(CNC(=O)c1ccc(Cl)c(Cl)c1)O[C@H](C(=O)c1c[nH]c2ccccc12)c1ccccc1. The average molecular weight is 481 g/mol. The lowest BCUT2D eigenvalue weighted by atomic mass is 9.99. The lowest BCUT2D eigenvalue weighted by Crippen LogP contribution is -2.32. The number of esters is 1. The minimum Gasteiger partial charge on any atom is -0.448 e. The van der Waals surface area contributed by atoms with E-state index in [0.717, 1.165) is 10.9 Å². The van der Waals surface area contributed by atoms with E-state index < -0.39 is 24.5 Å². The third-order valence-electron chi connectivity index (χ3n) is 5.02. The van der Waals surface area contributed by atoms with Gasteiger partial charge >= 0.3 is 5.97 Å². The second kappa shape index (κ2) is 9.90. The Kier molecular flexibility index (Phi) is 6.77. The first kappa shape index (κ1) is 22.6. The maximum atomic E-state index is 13.4. The van der Waals surface area contributed by atoms with Crippen LogP contribution >= 0.6 is 23.2 Å². The van der Waals surface area contributed by atoms with Crippen LogP contribution in [0.15, 0.2) is 79.0 Å².